The van der Waals surface area contributed by atoms with Crippen LogP contribution in [-0.4, -0.2) is 41.7 Å². The van der Waals surface area contributed by atoms with Crippen molar-refractivity contribution in [2.45, 2.75) is 45.0 Å². The molecule has 1 unspecified atom stereocenters. The van der Waals surface area contributed by atoms with Crippen molar-refractivity contribution in [1.82, 2.24) is 24.7 Å². The van der Waals surface area contributed by atoms with E-state index in [1.54, 1.807) is 6.33 Å². The van der Waals surface area contributed by atoms with Crippen LogP contribution in [0.4, 0.5) is 0 Å². The first kappa shape index (κ1) is 19.7. The Bertz CT molecular complexity index is 1120. The Labute approximate surface area is 174 Å². The molecule has 0 amide bonds. The Morgan fingerprint density at radius 3 is 2.66 bits per heavy atom. The molecular formula is C22H25N5OS. The topological polar surface area (TPSA) is 79.6 Å². The molecule has 29 heavy (non-hydrogen) atoms. The number of benzene rings is 2. The lowest BCUT2D eigenvalue weighted by atomic mass is 10.1. The van der Waals surface area contributed by atoms with Gasteiger partial charge in [0.25, 0.3) is 0 Å². The fourth-order valence-electron chi connectivity index (χ4n) is 3.25. The summed E-state index contributed by atoms with van der Waals surface area (Å²) in [6, 6.07) is 12.5. The number of aliphatic hydroxyl groups is 1. The molecule has 4 rings (SSSR count). The minimum atomic E-state index is -0.523. The summed E-state index contributed by atoms with van der Waals surface area (Å²) in [6.07, 6.45) is 2.29. The highest BCUT2D eigenvalue weighted by atomic mass is 32.2. The number of hydrogen-bond acceptors (Lipinski definition) is 5. The Morgan fingerprint density at radius 2 is 1.90 bits per heavy atom. The minimum absolute atomic E-state index is 0.488. The molecule has 0 spiro atoms. The smallest absolute Gasteiger partial charge is 0.208 e. The van der Waals surface area contributed by atoms with Gasteiger partial charge in [-0.25, -0.2) is 9.97 Å². The van der Waals surface area contributed by atoms with E-state index in [4.69, 9.17) is 0 Å². The number of imidazole rings is 1. The van der Waals surface area contributed by atoms with Gasteiger partial charge in [-0.15, -0.1) is 5.10 Å². The molecule has 0 aliphatic rings. The van der Waals surface area contributed by atoms with Gasteiger partial charge in [-0.2, -0.15) is 0 Å². The van der Waals surface area contributed by atoms with Crippen molar-refractivity contribution in [3.63, 3.8) is 0 Å². The lowest BCUT2D eigenvalue weighted by Gasteiger charge is -2.11. The second-order valence-corrected chi connectivity index (χ2v) is 8.29. The van der Waals surface area contributed by atoms with Crippen LogP contribution >= 0.6 is 11.8 Å². The highest BCUT2D eigenvalue weighted by Gasteiger charge is 2.13. The number of rotatable bonds is 7. The summed E-state index contributed by atoms with van der Waals surface area (Å²) < 4.78 is 2.01. The van der Waals surface area contributed by atoms with Crippen molar-refractivity contribution in [1.29, 1.82) is 0 Å². The highest BCUT2D eigenvalue weighted by Crippen LogP contribution is 2.22. The van der Waals surface area contributed by atoms with Crippen molar-refractivity contribution >= 4 is 22.8 Å². The molecule has 150 valence electrons. The predicted molar refractivity (Wildman–Crippen MR) is 117 cm³/mol. The van der Waals surface area contributed by atoms with E-state index in [-0.39, 0.29) is 0 Å². The summed E-state index contributed by atoms with van der Waals surface area (Å²) in [6.45, 7) is 6.80. The van der Waals surface area contributed by atoms with Crippen LogP contribution in [0, 0.1) is 13.8 Å². The lowest BCUT2D eigenvalue weighted by molar-refractivity contribution is 0.179. The van der Waals surface area contributed by atoms with Crippen molar-refractivity contribution < 1.29 is 5.11 Å². The normalized spacial score (nSPS) is 12.6. The summed E-state index contributed by atoms with van der Waals surface area (Å²) in [7, 11) is 0. The van der Waals surface area contributed by atoms with Gasteiger partial charge >= 0.3 is 0 Å². The third-order valence-corrected chi connectivity index (χ3v) is 6.14. The van der Waals surface area contributed by atoms with Crippen molar-refractivity contribution in [3.05, 3.63) is 59.4 Å². The van der Waals surface area contributed by atoms with Crippen LogP contribution in [0.2, 0.25) is 0 Å². The van der Waals surface area contributed by atoms with E-state index in [2.05, 4.69) is 77.3 Å². The predicted octanol–water partition coefficient (Wildman–Crippen LogP) is 4.15. The molecule has 6 nitrogen and oxygen atoms in total. The number of nitrogens with zero attached hydrogens (tertiary/aromatic N) is 4. The van der Waals surface area contributed by atoms with Crippen LogP contribution < -0.4 is 0 Å². The van der Waals surface area contributed by atoms with Gasteiger partial charge in [0.05, 0.1) is 30.0 Å². The Balaban J connectivity index is 1.38. The summed E-state index contributed by atoms with van der Waals surface area (Å²) >= 11 is 1.45. The Kier molecular flexibility index (Phi) is 5.69. The fraction of sp³-hybridized carbons (Fsp3) is 0.318. The zero-order chi connectivity index (χ0) is 20.4. The van der Waals surface area contributed by atoms with Crippen LogP contribution in [0.15, 0.2) is 47.9 Å². The molecule has 0 bridgehead atoms. The second-order valence-electron chi connectivity index (χ2n) is 7.30. The average molecular weight is 408 g/mol. The molecule has 1 atom stereocenters. The maximum Gasteiger partial charge on any atom is 0.208 e. The van der Waals surface area contributed by atoms with Gasteiger partial charge in [-0.3, -0.25) is 5.10 Å². The lowest BCUT2D eigenvalue weighted by Crippen LogP contribution is -2.18. The second kappa shape index (κ2) is 8.39. The van der Waals surface area contributed by atoms with Gasteiger partial charge in [0.2, 0.25) is 5.16 Å². The molecule has 2 N–H and O–H groups in total. The van der Waals surface area contributed by atoms with E-state index < -0.39 is 6.10 Å². The Morgan fingerprint density at radius 1 is 1.14 bits per heavy atom. The van der Waals surface area contributed by atoms with Crippen LogP contribution in [0.25, 0.3) is 22.4 Å². The van der Waals surface area contributed by atoms with Crippen LogP contribution in [-0.2, 0) is 13.0 Å². The van der Waals surface area contributed by atoms with Crippen LogP contribution in [0.5, 0.6) is 0 Å². The maximum absolute atomic E-state index is 10.5. The molecule has 0 aliphatic carbocycles. The van der Waals surface area contributed by atoms with E-state index in [0.717, 1.165) is 28.8 Å². The number of H-pyrrole nitrogens is 1. The third-order valence-electron chi connectivity index (χ3n) is 5.15. The minimum Gasteiger partial charge on any atom is -0.390 e. The molecule has 0 fully saturated rings. The van der Waals surface area contributed by atoms with Gasteiger partial charge in [-0.05, 0) is 49.1 Å². The Hall–Kier alpha value is -2.64. The van der Waals surface area contributed by atoms with Gasteiger partial charge in [0, 0.05) is 11.3 Å². The van der Waals surface area contributed by atoms with Gasteiger partial charge < -0.3 is 9.67 Å². The van der Waals surface area contributed by atoms with E-state index in [9.17, 15) is 5.11 Å². The zero-order valence-electron chi connectivity index (χ0n) is 16.9. The quantitative estimate of drug-likeness (QED) is 0.450. The average Bonchev–Trinajstić information content (AvgIpc) is 3.35. The third kappa shape index (κ3) is 4.36. The van der Waals surface area contributed by atoms with Crippen molar-refractivity contribution in [2.24, 2.45) is 0 Å². The number of aryl methyl sites for hydroxylation is 3. The van der Waals surface area contributed by atoms with E-state index in [0.29, 0.717) is 17.5 Å². The van der Waals surface area contributed by atoms with Gasteiger partial charge in [0.15, 0.2) is 5.82 Å². The number of aliphatic hydroxyl groups excluding tert-OH is 1. The molecule has 2 aromatic carbocycles. The van der Waals surface area contributed by atoms with Gasteiger partial charge in [-0.1, -0.05) is 43.0 Å². The molecule has 0 radical (unpaired) electrons. The first-order valence-electron chi connectivity index (χ1n) is 9.78. The molecule has 4 aromatic rings. The highest BCUT2D eigenvalue weighted by molar-refractivity contribution is 7.99. The maximum atomic E-state index is 10.5. The van der Waals surface area contributed by atoms with Crippen LogP contribution in [0.1, 0.15) is 23.6 Å². The van der Waals surface area contributed by atoms with Crippen molar-refractivity contribution in [3.8, 4) is 11.4 Å². The standard InChI is InChI=1S/C22H25N5OS/c1-4-16-5-7-17(8-6-16)21-24-22(26-25-21)29-12-18(28)11-27-13-23-19-9-14(2)15(3)10-20(19)27/h5-10,13,18,28H,4,11-12H2,1-3H3,(H,24,25,26). The molecule has 2 aromatic heterocycles. The van der Waals surface area contributed by atoms with E-state index >= 15 is 0 Å². The number of aromatic amines is 1. The number of aromatic nitrogens is 5. The van der Waals surface area contributed by atoms with Crippen molar-refractivity contribution in [2.75, 3.05) is 5.75 Å². The van der Waals surface area contributed by atoms with E-state index in [1.807, 2.05) is 4.57 Å². The summed E-state index contributed by atoms with van der Waals surface area (Å²) in [5.41, 5.74) is 6.77. The zero-order valence-corrected chi connectivity index (χ0v) is 17.7. The molecule has 7 heteroatoms. The fourth-order valence-corrected chi connectivity index (χ4v) is 3.96. The molecule has 0 aliphatic heterocycles. The summed E-state index contributed by atoms with van der Waals surface area (Å²) in [4.78, 5) is 9.00. The number of hydrogen-bond donors (Lipinski definition) is 2. The molecule has 0 saturated carbocycles. The first-order valence-corrected chi connectivity index (χ1v) is 10.8. The molecule has 0 saturated heterocycles. The summed E-state index contributed by atoms with van der Waals surface area (Å²) in [5.74, 6) is 1.26. The number of fused-ring (bicyclic) bond motifs is 1. The first-order chi connectivity index (χ1) is 14.0. The SMILES string of the molecule is CCc1ccc(-c2nc(SCC(O)Cn3cnc4cc(C)c(C)cc43)n[nH]2)cc1. The number of nitrogens with one attached hydrogen (secondary N) is 1. The monoisotopic (exact) mass is 407 g/mol. The summed E-state index contributed by atoms with van der Waals surface area (Å²) in [5, 5.41) is 18.4. The van der Waals surface area contributed by atoms with Gasteiger partial charge in [0.1, 0.15) is 0 Å². The van der Waals surface area contributed by atoms with Crippen LogP contribution in [0.3, 0.4) is 0 Å². The molecule has 2 heterocycles. The number of thioether (sulfide) groups is 1. The van der Waals surface area contributed by atoms with E-state index in [1.165, 1.54) is 28.5 Å². The largest absolute Gasteiger partial charge is 0.390 e. The molecular weight excluding hydrogens is 382 g/mol.